The first-order valence-electron chi connectivity index (χ1n) is 8.86. The van der Waals surface area contributed by atoms with Gasteiger partial charge in [0.05, 0.1) is 19.6 Å². The zero-order valence-corrected chi connectivity index (χ0v) is 16.0. The number of anilines is 1. The van der Waals surface area contributed by atoms with E-state index in [0.717, 1.165) is 5.56 Å². The Labute approximate surface area is 160 Å². The second-order valence-electron chi connectivity index (χ2n) is 5.93. The standard InChI is InChI=1S/C18H30N6O3/c1-3-22-18(26)23(11-14-5-7-15(19)8-6-14)12-16(20)13-24(21)10-9-17(25)27-4-2/h5-8,13H,3-4,9-12,19-21H2,1-2H3,(H,22,26)/b16-13-. The predicted octanol–water partition coefficient (Wildman–Crippen LogP) is 0.729. The van der Waals surface area contributed by atoms with E-state index in [0.29, 0.717) is 31.1 Å². The lowest BCUT2D eigenvalue weighted by molar-refractivity contribution is -0.143. The van der Waals surface area contributed by atoms with Crippen LogP contribution in [0.2, 0.25) is 0 Å². The Morgan fingerprint density at radius 3 is 2.48 bits per heavy atom. The molecule has 0 fully saturated rings. The smallest absolute Gasteiger partial charge is 0.318 e. The fraction of sp³-hybridized carbons (Fsp3) is 0.444. The van der Waals surface area contributed by atoms with E-state index >= 15 is 0 Å². The van der Waals surface area contributed by atoms with E-state index in [2.05, 4.69) is 5.32 Å². The molecule has 0 unspecified atom stereocenters. The largest absolute Gasteiger partial charge is 0.466 e. The number of carbonyl (C=O) groups excluding carboxylic acids is 2. The number of hydrogen-bond acceptors (Lipinski definition) is 7. The van der Waals surface area contributed by atoms with E-state index in [9.17, 15) is 9.59 Å². The molecular formula is C18H30N6O3. The zero-order chi connectivity index (χ0) is 20.2. The van der Waals surface area contributed by atoms with E-state index in [4.69, 9.17) is 22.0 Å². The Kier molecular flexibility index (Phi) is 9.52. The molecule has 0 atom stereocenters. The summed E-state index contributed by atoms with van der Waals surface area (Å²) in [4.78, 5) is 25.3. The van der Waals surface area contributed by atoms with Crippen LogP contribution >= 0.6 is 0 Å². The second kappa shape index (κ2) is 11.6. The summed E-state index contributed by atoms with van der Waals surface area (Å²) in [6, 6.07) is 7.04. The van der Waals surface area contributed by atoms with Crippen molar-refractivity contribution < 1.29 is 14.3 Å². The Morgan fingerprint density at radius 2 is 1.89 bits per heavy atom. The molecule has 2 amide bonds. The zero-order valence-electron chi connectivity index (χ0n) is 16.0. The van der Waals surface area contributed by atoms with Crippen molar-refractivity contribution >= 4 is 17.7 Å². The number of ether oxygens (including phenoxy) is 1. The minimum Gasteiger partial charge on any atom is -0.466 e. The van der Waals surface area contributed by atoms with Gasteiger partial charge in [0, 0.05) is 37.2 Å². The highest BCUT2D eigenvalue weighted by atomic mass is 16.5. The summed E-state index contributed by atoms with van der Waals surface area (Å²) in [7, 11) is 0. The number of carbonyl (C=O) groups is 2. The monoisotopic (exact) mass is 378 g/mol. The van der Waals surface area contributed by atoms with Gasteiger partial charge >= 0.3 is 12.0 Å². The van der Waals surface area contributed by atoms with Crippen LogP contribution in [0.5, 0.6) is 0 Å². The Morgan fingerprint density at radius 1 is 1.22 bits per heavy atom. The fourth-order valence-corrected chi connectivity index (χ4v) is 2.30. The van der Waals surface area contributed by atoms with Crippen molar-refractivity contribution in [3.8, 4) is 0 Å². The minimum atomic E-state index is -0.327. The van der Waals surface area contributed by atoms with E-state index in [1.807, 2.05) is 19.1 Å². The van der Waals surface area contributed by atoms with Gasteiger partial charge in [-0.05, 0) is 31.5 Å². The number of nitrogens with zero attached hydrogens (tertiary/aromatic N) is 2. The van der Waals surface area contributed by atoms with E-state index < -0.39 is 0 Å². The van der Waals surface area contributed by atoms with Gasteiger partial charge in [-0.3, -0.25) is 4.79 Å². The van der Waals surface area contributed by atoms with Crippen LogP contribution < -0.4 is 22.6 Å². The molecule has 7 N–H and O–H groups in total. The van der Waals surface area contributed by atoms with Crippen molar-refractivity contribution in [1.82, 2.24) is 15.2 Å². The Bertz CT molecular complexity index is 632. The van der Waals surface area contributed by atoms with Gasteiger partial charge < -0.3 is 31.4 Å². The summed E-state index contributed by atoms with van der Waals surface area (Å²) >= 11 is 0. The molecule has 0 aliphatic rings. The lowest BCUT2D eigenvalue weighted by Gasteiger charge is -2.24. The summed E-state index contributed by atoms with van der Waals surface area (Å²) in [6.07, 6.45) is 1.66. The first-order chi connectivity index (χ1) is 12.8. The number of nitrogens with two attached hydrogens (primary N) is 3. The van der Waals surface area contributed by atoms with E-state index in [1.165, 1.54) is 11.2 Å². The molecule has 1 aromatic carbocycles. The highest BCUT2D eigenvalue weighted by Gasteiger charge is 2.14. The van der Waals surface area contributed by atoms with Crippen molar-refractivity contribution in [3.05, 3.63) is 41.7 Å². The van der Waals surface area contributed by atoms with Crippen molar-refractivity contribution in [3.63, 3.8) is 0 Å². The molecule has 1 rings (SSSR count). The van der Waals surface area contributed by atoms with Crippen molar-refractivity contribution in [2.45, 2.75) is 26.8 Å². The second-order valence-corrected chi connectivity index (χ2v) is 5.93. The summed E-state index contributed by atoms with van der Waals surface area (Å²) in [5, 5.41) is 4.07. The van der Waals surface area contributed by atoms with Gasteiger partial charge in [-0.15, -0.1) is 0 Å². The lowest BCUT2D eigenvalue weighted by atomic mass is 10.2. The molecule has 0 aromatic heterocycles. The number of urea groups is 1. The van der Waals surface area contributed by atoms with Crippen LogP contribution in [0.15, 0.2) is 36.2 Å². The highest BCUT2D eigenvalue weighted by Crippen LogP contribution is 2.10. The Hall–Kier alpha value is -2.94. The number of amides is 2. The summed E-state index contributed by atoms with van der Waals surface area (Å²) in [5.74, 6) is 5.51. The maximum Gasteiger partial charge on any atom is 0.318 e. The van der Waals surface area contributed by atoms with Crippen LogP contribution in [0, 0.1) is 0 Å². The maximum absolute atomic E-state index is 12.3. The van der Waals surface area contributed by atoms with Crippen LogP contribution in [-0.2, 0) is 16.1 Å². The number of nitrogen functional groups attached to an aromatic ring is 1. The van der Waals surface area contributed by atoms with E-state index in [-0.39, 0.29) is 31.5 Å². The number of nitrogens with one attached hydrogen (secondary N) is 1. The summed E-state index contributed by atoms with van der Waals surface area (Å²) < 4.78 is 4.85. The SMILES string of the molecule is CCNC(=O)N(C/C(N)=C/N(N)CCC(=O)OCC)Cc1ccc(N)cc1. The van der Waals surface area contributed by atoms with Crippen LogP contribution in [0.1, 0.15) is 25.8 Å². The maximum atomic E-state index is 12.3. The van der Waals surface area contributed by atoms with E-state index in [1.54, 1.807) is 24.0 Å². The van der Waals surface area contributed by atoms with Crippen LogP contribution in [0.4, 0.5) is 10.5 Å². The van der Waals surface area contributed by atoms with Gasteiger partial charge in [-0.2, -0.15) is 0 Å². The Balaban J connectivity index is 2.70. The van der Waals surface area contributed by atoms with Gasteiger partial charge in [-0.1, -0.05) is 12.1 Å². The third-order valence-corrected chi connectivity index (χ3v) is 3.55. The third kappa shape index (κ3) is 8.82. The molecule has 150 valence electrons. The average Bonchev–Trinajstić information content (AvgIpc) is 2.61. The quantitative estimate of drug-likeness (QED) is 0.204. The lowest BCUT2D eigenvalue weighted by Crippen LogP contribution is -2.42. The van der Waals surface area contributed by atoms with Gasteiger partial charge in [0.15, 0.2) is 0 Å². The molecule has 9 nitrogen and oxygen atoms in total. The number of rotatable bonds is 10. The highest BCUT2D eigenvalue weighted by molar-refractivity contribution is 5.74. The topological polar surface area (TPSA) is 140 Å². The number of esters is 1. The number of hydrogen-bond donors (Lipinski definition) is 4. The molecule has 9 heteroatoms. The van der Waals surface area contributed by atoms with Crippen LogP contribution in [-0.4, -0.2) is 48.2 Å². The molecule has 0 spiro atoms. The van der Waals surface area contributed by atoms with Gasteiger partial charge in [0.2, 0.25) is 0 Å². The first kappa shape index (κ1) is 22.1. The summed E-state index contributed by atoms with van der Waals surface area (Å²) in [6.45, 7) is 5.23. The van der Waals surface area contributed by atoms with Crippen LogP contribution in [0.25, 0.3) is 0 Å². The molecule has 0 radical (unpaired) electrons. The number of benzene rings is 1. The number of hydrazine groups is 1. The molecule has 27 heavy (non-hydrogen) atoms. The summed E-state index contributed by atoms with van der Waals surface area (Å²) in [5.41, 5.74) is 13.7. The normalized spacial score (nSPS) is 11.0. The molecule has 0 saturated carbocycles. The molecule has 0 heterocycles. The van der Waals surface area contributed by atoms with Gasteiger partial charge in [0.1, 0.15) is 0 Å². The minimum absolute atomic E-state index is 0.152. The molecule has 1 aromatic rings. The molecule has 0 saturated heterocycles. The average molecular weight is 378 g/mol. The van der Waals surface area contributed by atoms with Crippen LogP contribution in [0.3, 0.4) is 0 Å². The predicted molar refractivity (Wildman–Crippen MR) is 105 cm³/mol. The first-order valence-corrected chi connectivity index (χ1v) is 8.86. The third-order valence-electron chi connectivity index (χ3n) is 3.55. The van der Waals surface area contributed by atoms with Crippen molar-refractivity contribution in [2.24, 2.45) is 11.6 Å². The molecule has 0 aliphatic heterocycles. The van der Waals surface area contributed by atoms with Crippen molar-refractivity contribution in [1.29, 1.82) is 0 Å². The molecule has 0 bridgehead atoms. The van der Waals surface area contributed by atoms with Crippen molar-refractivity contribution in [2.75, 3.05) is 32.0 Å². The molecule has 0 aliphatic carbocycles. The van der Waals surface area contributed by atoms with Gasteiger partial charge in [0.25, 0.3) is 0 Å². The fourth-order valence-electron chi connectivity index (χ4n) is 2.30. The van der Waals surface area contributed by atoms with Gasteiger partial charge in [-0.25, -0.2) is 10.6 Å². The molecular weight excluding hydrogens is 348 g/mol.